The Morgan fingerprint density at radius 2 is 1.95 bits per heavy atom. The van der Waals surface area contributed by atoms with E-state index in [-0.39, 0.29) is 6.10 Å². The number of nitrogens with zero attached hydrogens (tertiary/aromatic N) is 1. The van der Waals surface area contributed by atoms with Crippen molar-refractivity contribution in [3.05, 3.63) is 35.9 Å². The van der Waals surface area contributed by atoms with Crippen LogP contribution in [0.5, 0.6) is 0 Å². The minimum absolute atomic E-state index is 0.347. The molecule has 3 nitrogen and oxygen atoms in total. The number of aliphatic hydroxyl groups excluding tert-OH is 1. The maximum Gasteiger partial charge on any atom is 0.0900 e. The molecular weight excluding hydrogens is 250 g/mol. The molecule has 0 spiro atoms. The third-order valence-electron chi connectivity index (χ3n) is 4.06. The van der Waals surface area contributed by atoms with Gasteiger partial charge in [0.1, 0.15) is 0 Å². The fourth-order valence-electron chi connectivity index (χ4n) is 2.93. The molecule has 2 rings (SSSR count). The number of hydrogen-bond donors (Lipinski definition) is 1. The summed E-state index contributed by atoms with van der Waals surface area (Å²) in [5.41, 5.74) is 1.45. The number of piperidine rings is 1. The molecule has 1 fully saturated rings. The maximum absolute atomic E-state index is 9.87. The number of β-amino-alcohol motifs (C(OH)–C–C–N with tert-alkyl or cyclic N) is 1. The van der Waals surface area contributed by atoms with E-state index in [4.69, 9.17) is 4.74 Å². The van der Waals surface area contributed by atoms with Crippen molar-refractivity contribution < 1.29 is 9.84 Å². The minimum Gasteiger partial charge on any atom is -0.389 e. The number of ether oxygens (including phenoxy) is 1. The van der Waals surface area contributed by atoms with Crippen LogP contribution in [0.2, 0.25) is 0 Å². The lowest BCUT2D eigenvalue weighted by Gasteiger charge is -2.33. The van der Waals surface area contributed by atoms with E-state index in [1.807, 2.05) is 6.92 Å². The lowest BCUT2D eigenvalue weighted by Crippen LogP contribution is -2.40. The fourth-order valence-corrected chi connectivity index (χ4v) is 2.93. The Morgan fingerprint density at radius 3 is 2.60 bits per heavy atom. The number of aliphatic hydroxyl groups is 1. The number of hydrogen-bond acceptors (Lipinski definition) is 3. The third-order valence-corrected chi connectivity index (χ3v) is 4.06. The molecule has 3 heteroatoms. The normalized spacial score (nSPS) is 19.1. The van der Waals surface area contributed by atoms with Crippen LogP contribution in [0.25, 0.3) is 0 Å². The van der Waals surface area contributed by atoms with Crippen molar-refractivity contribution in [3.63, 3.8) is 0 Å². The SMILES string of the molecule is CCOCC(O)CN1CCC(Cc2ccccc2)CC1. The highest BCUT2D eigenvalue weighted by atomic mass is 16.5. The summed E-state index contributed by atoms with van der Waals surface area (Å²) in [6.07, 6.45) is 3.31. The first-order valence-corrected chi connectivity index (χ1v) is 7.80. The average molecular weight is 277 g/mol. The van der Waals surface area contributed by atoms with E-state index in [9.17, 15) is 5.11 Å². The van der Waals surface area contributed by atoms with E-state index in [0.717, 1.165) is 25.6 Å². The van der Waals surface area contributed by atoms with Crippen molar-refractivity contribution in [2.24, 2.45) is 5.92 Å². The number of rotatable bonds is 7. The quantitative estimate of drug-likeness (QED) is 0.830. The van der Waals surface area contributed by atoms with E-state index < -0.39 is 0 Å². The highest BCUT2D eigenvalue weighted by molar-refractivity contribution is 5.15. The van der Waals surface area contributed by atoms with Crippen LogP contribution in [0.15, 0.2) is 30.3 Å². The molecule has 0 saturated carbocycles. The van der Waals surface area contributed by atoms with Gasteiger partial charge in [0.05, 0.1) is 12.7 Å². The van der Waals surface area contributed by atoms with Gasteiger partial charge < -0.3 is 14.7 Å². The molecule has 0 bridgehead atoms. The standard InChI is InChI=1S/C17H27NO2/c1-2-20-14-17(19)13-18-10-8-16(9-11-18)12-15-6-4-3-5-7-15/h3-7,16-17,19H,2,8-14H2,1H3. The van der Waals surface area contributed by atoms with Gasteiger partial charge in [-0.3, -0.25) is 0 Å². The van der Waals surface area contributed by atoms with Crippen LogP contribution in [0, 0.1) is 5.92 Å². The zero-order valence-electron chi connectivity index (χ0n) is 12.5. The zero-order chi connectivity index (χ0) is 14.2. The van der Waals surface area contributed by atoms with Gasteiger partial charge in [-0.1, -0.05) is 30.3 Å². The molecule has 20 heavy (non-hydrogen) atoms. The van der Waals surface area contributed by atoms with Crippen LogP contribution in [-0.4, -0.2) is 49.0 Å². The topological polar surface area (TPSA) is 32.7 Å². The third kappa shape index (κ3) is 5.23. The van der Waals surface area contributed by atoms with E-state index in [1.54, 1.807) is 0 Å². The Bertz CT molecular complexity index is 361. The molecule has 0 aromatic heterocycles. The van der Waals surface area contributed by atoms with Crippen molar-refractivity contribution in [1.29, 1.82) is 0 Å². The van der Waals surface area contributed by atoms with Crippen LogP contribution in [0.3, 0.4) is 0 Å². The predicted molar refractivity (Wildman–Crippen MR) is 81.8 cm³/mol. The average Bonchev–Trinajstić information content (AvgIpc) is 2.48. The molecule has 1 saturated heterocycles. The first kappa shape index (κ1) is 15.5. The Morgan fingerprint density at radius 1 is 1.25 bits per heavy atom. The van der Waals surface area contributed by atoms with Gasteiger partial charge in [-0.25, -0.2) is 0 Å². The van der Waals surface area contributed by atoms with Crippen LogP contribution < -0.4 is 0 Å². The summed E-state index contributed by atoms with van der Waals surface area (Å²) < 4.78 is 5.26. The molecule has 0 amide bonds. The highest BCUT2D eigenvalue weighted by Gasteiger charge is 2.21. The predicted octanol–water partition coefficient (Wildman–Crippen LogP) is 2.34. The molecule has 1 aromatic rings. The summed E-state index contributed by atoms with van der Waals surface area (Å²) in [6.45, 7) is 6.04. The summed E-state index contributed by atoms with van der Waals surface area (Å²) in [6, 6.07) is 10.8. The van der Waals surface area contributed by atoms with Crippen molar-refractivity contribution in [2.45, 2.75) is 32.3 Å². The molecule has 1 aliphatic rings. The second-order valence-corrected chi connectivity index (χ2v) is 5.75. The molecule has 1 heterocycles. The summed E-state index contributed by atoms with van der Waals surface area (Å²) in [5.74, 6) is 0.790. The van der Waals surface area contributed by atoms with Gasteiger partial charge in [0.25, 0.3) is 0 Å². The van der Waals surface area contributed by atoms with Gasteiger partial charge in [-0.15, -0.1) is 0 Å². The van der Waals surface area contributed by atoms with Crippen LogP contribution >= 0.6 is 0 Å². The molecular formula is C17H27NO2. The number of benzene rings is 1. The first-order valence-electron chi connectivity index (χ1n) is 7.80. The zero-order valence-corrected chi connectivity index (χ0v) is 12.5. The van der Waals surface area contributed by atoms with E-state index in [2.05, 4.69) is 35.2 Å². The molecule has 1 N–H and O–H groups in total. The molecule has 112 valence electrons. The van der Waals surface area contributed by atoms with Gasteiger partial charge in [-0.05, 0) is 50.8 Å². The Labute approximate surface area is 122 Å². The lowest BCUT2D eigenvalue weighted by atomic mass is 9.90. The molecule has 1 atom stereocenters. The van der Waals surface area contributed by atoms with Gasteiger partial charge in [0.15, 0.2) is 0 Å². The van der Waals surface area contributed by atoms with Crippen LogP contribution in [0.4, 0.5) is 0 Å². The number of likely N-dealkylation sites (tertiary alicyclic amines) is 1. The molecule has 1 unspecified atom stereocenters. The van der Waals surface area contributed by atoms with Crippen molar-refractivity contribution >= 4 is 0 Å². The first-order chi connectivity index (χ1) is 9.78. The molecule has 1 aromatic carbocycles. The summed E-state index contributed by atoms with van der Waals surface area (Å²) >= 11 is 0. The van der Waals surface area contributed by atoms with Gasteiger partial charge in [0, 0.05) is 13.2 Å². The van der Waals surface area contributed by atoms with Crippen molar-refractivity contribution in [2.75, 3.05) is 32.8 Å². The maximum atomic E-state index is 9.87. The Kier molecular flexibility index (Phi) is 6.51. The largest absolute Gasteiger partial charge is 0.389 e. The second-order valence-electron chi connectivity index (χ2n) is 5.75. The summed E-state index contributed by atoms with van der Waals surface area (Å²) in [4.78, 5) is 2.37. The highest BCUT2D eigenvalue weighted by Crippen LogP contribution is 2.21. The Hall–Kier alpha value is -0.900. The second kappa shape index (κ2) is 8.40. The smallest absolute Gasteiger partial charge is 0.0900 e. The minimum atomic E-state index is -0.347. The van der Waals surface area contributed by atoms with Crippen molar-refractivity contribution in [1.82, 2.24) is 4.90 Å². The van der Waals surface area contributed by atoms with E-state index in [1.165, 1.54) is 24.8 Å². The summed E-state index contributed by atoms with van der Waals surface area (Å²) in [5, 5.41) is 9.87. The monoisotopic (exact) mass is 277 g/mol. The van der Waals surface area contributed by atoms with Gasteiger partial charge in [-0.2, -0.15) is 0 Å². The van der Waals surface area contributed by atoms with Gasteiger partial charge >= 0.3 is 0 Å². The van der Waals surface area contributed by atoms with E-state index in [0.29, 0.717) is 13.2 Å². The lowest BCUT2D eigenvalue weighted by molar-refractivity contribution is 0.0147. The molecule has 0 radical (unpaired) electrons. The summed E-state index contributed by atoms with van der Waals surface area (Å²) in [7, 11) is 0. The van der Waals surface area contributed by atoms with E-state index >= 15 is 0 Å². The van der Waals surface area contributed by atoms with Crippen LogP contribution in [0.1, 0.15) is 25.3 Å². The fraction of sp³-hybridized carbons (Fsp3) is 0.647. The van der Waals surface area contributed by atoms with Gasteiger partial charge in [0.2, 0.25) is 0 Å². The molecule has 1 aliphatic heterocycles. The molecule has 0 aliphatic carbocycles. The van der Waals surface area contributed by atoms with Crippen LogP contribution in [-0.2, 0) is 11.2 Å². The van der Waals surface area contributed by atoms with Crippen molar-refractivity contribution in [3.8, 4) is 0 Å². The Balaban J connectivity index is 1.67.